The molecule has 2 heterocycles. The molecule has 2 aliphatic rings. The smallest absolute Gasteiger partial charge is 0.262 e. The van der Waals surface area contributed by atoms with E-state index in [9.17, 15) is 22.8 Å². The highest BCUT2D eigenvalue weighted by atomic mass is 32.2. The van der Waals surface area contributed by atoms with Crippen LogP contribution in [-0.2, 0) is 27.8 Å². The predicted octanol–water partition coefficient (Wildman–Crippen LogP) is 0.515. The van der Waals surface area contributed by atoms with Crippen LogP contribution in [0.2, 0.25) is 0 Å². The number of carbonyl (C=O) groups is 3. The molecule has 0 radical (unpaired) electrons. The summed E-state index contributed by atoms with van der Waals surface area (Å²) in [5, 5.41) is 5.18. The fourth-order valence-electron chi connectivity index (χ4n) is 3.54. The zero-order valence-electron chi connectivity index (χ0n) is 14.8. The number of hydrogen-bond acceptors (Lipinski definition) is 5. The highest BCUT2D eigenvalue weighted by molar-refractivity contribution is 7.89. The molecule has 9 heteroatoms. The molecule has 2 aromatic rings. The molecule has 2 aliphatic heterocycles. The van der Waals surface area contributed by atoms with Crippen molar-refractivity contribution in [2.75, 3.05) is 13.1 Å². The number of nitrogens with two attached hydrogens (primary N) is 1. The molecule has 2 aromatic carbocycles. The molecule has 0 saturated carbocycles. The summed E-state index contributed by atoms with van der Waals surface area (Å²) in [5.41, 5.74) is 2.22. The van der Waals surface area contributed by atoms with Crippen LogP contribution in [0.5, 0.6) is 0 Å². The Bertz CT molecular complexity index is 1090. The van der Waals surface area contributed by atoms with Gasteiger partial charge in [0, 0.05) is 13.1 Å². The molecule has 2 N–H and O–H groups in total. The van der Waals surface area contributed by atoms with Crippen molar-refractivity contribution in [1.29, 1.82) is 0 Å². The Morgan fingerprint density at radius 1 is 1.00 bits per heavy atom. The lowest BCUT2D eigenvalue weighted by Crippen LogP contribution is -2.44. The van der Waals surface area contributed by atoms with Crippen molar-refractivity contribution in [3.05, 3.63) is 64.7 Å². The van der Waals surface area contributed by atoms with Gasteiger partial charge in [0.2, 0.25) is 15.9 Å². The second kappa shape index (κ2) is 6.54. The molecule has 0 spiro atoms. The first-order valence-electron chi connectivity index (χ1n) is 8.63. The van der Waals surface area contributed by atoms with Gasteiger partial charge in [0.05, 0.1) is 16.0 Å². The molecule has 0 aliphatic carbocycles. The SMILES string of the molecule is NS(=O)(=O)c1ccc2c(c1)CN(C(=O)CN1C(=O)c3ccccc3C1=O)CC2. The van der Waals surface area contributed by atoms with E-state index < -0.39 is 21.8 Å². The molecule has 144 valence electrons. The first-order valence-corrected chi connectivity index (χ1v) is 10.2. The van der Waals surface area contributed by atoms with Crippen molar-refractivity contribution in [2.45, 2.75) is 17.9 Å². The van der Waals surface area contributed by atoms with Crippen molar-refractivity contribution in [3.8, 4) is 0 Å². The van der Waals surface area contributed by atoms with Gasteiger partial charge in [-0.15, -0.1) is 0 Å². The van der Waals surface area contributed by atoms with Gasteiger partial charge in [0.25, 0.3) is 11.8 Å². The van der Waals surface area contributed by atoms with Gasteiger partial charge in [-0.2, -0.15) is 0 Å². The minimum absolute atomic E-state index is 0.0131. The van der Waals surface area contributed by atoms with Gasteiger partial charge in [-0.1, -0.05) is 18.2 Å². The van der Waals surface area contributed by atoms with Crippen molar-refractivity contribution >= 4 is 27.7 Å². The van der Waals surface area contributed by atoms with Gasteiger partial charge >= 0.3 is 0 Å². The third-order valence-corrected chi connectivity index (χ3v) is 5.95. The summed E-state index contributed by atoms with van der Waals surface area (Å²) in [6, 6.07) is 11.1. The molecule has 3 amide bonds. The summed E-state index contributed by atoms with van der Waals surface area (Å²) in [6.45, 7) is 0.265. The number of rotatable bonds is 3. The second-order valence-corrected chi connectivity index (χ2v) is 8.34. The zero-order valence-corrected chi connectivity index (χ0v) is 15.6. The van der Waals surface area contributed by atoms with Crippen LogP contribution in [-0.4, -0.2) is 49.0 Å². The molecule has 28 heavy (non-hydrogen) atoms. The van der Waals surface area contributed by atoms with Crippen LogP contribution in [0.3, 0.4) is 0 Å². The highest BCUT2D eigenvalue weighted by Gasteiger charge is 2.37. The number of benzene rings is 2. The molecule has 0 unspecified atom stereocenters. The maximum Gasteiger partial charge on any atom is 0.262 e. The summed E-state index contributed by atoms with van der Waals surface area (Å²) in [5.74, 6) is -1.34. The molecule has 0 atom stereocenters. The van der Waals surface area contributed by atoms with E-state index in [-0.39, 0.29) is 23.9 Å². The van der Waals surface area contributed by atoms with Crippen LogP contribution in [0, 0.1) is 0 Å². The molecular weight excluding hydrogens is 382 g/mol. The number of nitrogens with zero attached hydrogens (tertiary/aromatic N) is 2. The second-order valence-electron chi connectivity index (χ2n) is 6.78. The third-order valence-electron chi connectivity index (χ3n) is 5.04. The summed E-state index contributed by atoms with van der Waals surface area (Å²) < 4.78 is 23.1. The number of amides is 3. The summed E-state index contributed by atoms with van der Waals surface area (Å²) in [7, 11) is -3.84. The van der Waals surface area contributed by atoms with Crippen LogP contribution in [0.4, 0.5) is 0 Å². The zero-order chi connectivity index (χ0) is 20.1. The first-order chi connectivity index (χ1) is 13.3. The lowest BCUT2D eigenvalue weighted by molar-refractivity contribution is -0.132. The summed E-state index contributed by atoms with van der Waals surface area (Å²) in [4.78, 5) is 40.0. The largest absolute Gasteiger partial charge is 0.336 e. The van der Waals surface area contributed by atoms with Crippen LogP contribution >= 0.6 is 0 Å². The standard InChI is InChI=1S/C19H17N3O5S/c20-28(26,27)14-6-5-12-7-8-21(10-13(12)9-14)17(23)11-22-18(24)15-3-1-2-4-16(15)19(22)25/h1-6,9H,7-8,10-11H2,(H2,20,26,27). The minimum Gasteiger partial charge on any atom is -0.336 e. The van der Waals surface area contributed by atoms with E-state index in [1.165, 1.54) is 17.0 Å². The minimum atomic E-state index is -3.84. The summed E-state index contributed by atoms with van der Waals surface area (Å²) >= 11 is 0. The normalized spacial score (nSPS) is 16.2. The molecule has 4 rings (SSSR count). The number of carbonyl (C=O) groups excluding carboxylic acids is 3. The van der Waals surface area contributed by atoms with Gasteiger partial charge in [-0.05, 0) is 41.8 Å². The van der Waals surface area contributed by atoms with E-state index in [2.05, 4.69) is 0 Å². The first kappa shape index (κ1) is 18.3. The van der Waals surface area contributed by atoms with Crippen molar-refractivity contribution in [1.82, 2.24) is 9.80 Å². The fourth-order valence-corrected chi connectivity index (χ4v) is 4.11. The van der Waals surface area contributed by atoms with E-state index in [0.717, 1.165) is 10.5 Å². The molecular formula is C19H17N3O5S. The Kier molecular flexibility index (Phi) is 4.28. The van der Waals surface area contributed by atoms with E-state index in [1.807, 2.05) is 0 Å². The van der Waals surface area contributed by atoms with Crippen LogP contribution in [0.15, 0.2) is 47.4 Å². The van der Waals surface area contributed by atoms with E-state index in [1.54, 1.807) is 30.3 Å². The average Bonchev–Trinajstić information content (AvgIpc) is 2.91. The summed E-state index contributed by atoms with van der Waals surface area (Å²) in [6.07, 6.45) is 0.550. The molecule has 0 fully saturated rings. The Morgan fingerprint density at radius 3 is 2.25 bits per heavy atom. The molecule has 0 bridgehead atoms. The predicted molar refractivity (Wildman–Crippen MR) is 98.7 cm³/mol. The van der Waals surface area contributed by atoms with Crippen LogP contribution in [0.1, 0.15) is 31.8 Å². The average molecular weight is 399 g/mol. The maximum atomic E-state index is 12.7. The van der Waals surface area contributed by atoms with E-state index in [4.69, 9.17) is 5.14 Å². The number of imide groups is 1. The van der Waals surface area contributed by atoms with Gasteiger partial charge in [0.1, 0.15) is 6.54 Å². The number of hydrogen-bond donors (Lipinski definition) is 1. The fraction of sp³-hybridized carbons (Fsp3) is 0.211. The quantitative estimate of drug-likeness (QED) is 0.755. The van der Waals surface area contributed by atoms with E-state index >= 15 is 0 Å². The van der Waals surface area contributed by atoms with Crippen molar-refractivity contribution in [3.63, 3.8) is 0 Å². The maximum absolute atomic E-state index is 12.7. The van der Waals surface area contributed by atoms with Crippen molar-refractivity contribution < 1.29 is 22.8 Å². The Morgan fingerprint density at radius 2 is 1.64 bits per heavy atom. The highest BCUT2D eigenvalue weighted by Crippen LogP contribution is 2.25. The monoisotopic (exact) mass is 399 g/mol. The number of primary sulfonamides is 1. The topological polar surface area (TPSA) is 118 Å². The van der Waals surface area contributed by atoms with Crippen LogP contribution in [0.25, 0.3) is 0 Å². The molecule has 8 nitrogen and oxygen atoms in total. The van der Waals surface area contributed by atoms with Crippen molar-refractivity contribution in [2.24, 2.45) is 5.14 Å². The van der Waals surface area contributed by atoms with Crippen LogP contribution < -0.4 is 5.14 Å². The Hall–Kier alpha value is -3.04. The number of fused-ring (bicyclic) bond motifs is 2. The number of sulfonamides is 1. The van der Waals surface area contributed by atoms with Gasteiger partial charge in [0.15, 0.2) is 0 Å². The molecule has 0 aromatic heterocycles. The lowest BCUT2D eigenvalue weighted by Gasteiger charge is -2.30. The molecule has 0 saturated heterocycles. The Balaban J connectivity index is 1.52. The Labute approximate surface area is 161 Å². The third kappa shape index (κ3) is 3.08. The van der Waals surface area contributed by atoms with E-state index in [0.29, 0.717) is 29.7 Å². The lowest BCUT2D eigenvalue weighted by atomic mass is 10.00. The van der Waals surface area contributed by atoms with Gasteiger partial charge < -0.3 is 4.90 Å². The van der Waals surface area contributed by atoms with Gasteiger partial charge in [-0.25, -0.2) is 13.6 Å². The van der Waals surface area contributed by atoms with Gasteiger partial charge in [-0.3, -0.25) is 19.3 Å².